The summed E-state index contributed by atoms with van der Waals surface area (Å²) in [5, 5.41) is 3.71. The molecule has 2 fully saturated rings. The molecule has 4 nitrogen and oxygen atoms in total. The molecular formula is C20H24FNO3S. The van der Waals surface area contributed by atoms with Crippen LogP contribution in [0.4, 0.5) is 4.39 Å². The third-order valence-corrected chi connectivity index (χ3v) is 7.20. The number of fused-ring (bicyclic) bond motifs is 1. The van der Waals surface area contributed by atoms with Gasteiger partial charge in [-0.1, -0.05) is 12.5 Å². The molecule has 0 unspecified atom stereocenters. The van der Waals surface area contributed by atoms with Crippen LogP contribution in [-0.2, 0) is 16.1 Å². The van der Waals surface area contributed by atoms with Gasteiger partial charge in [-0.05, 0) is 38.3 Å². The van der Waals surface area contributed by atoms with Crippen LogP contribution in [0.15, 0.2) is 18.2 Å². The van der Waals surface area contributed by atoms with Gasteiger partial charge in [-0.3, -0.25) is 4.79 Å². The van der Waals surface area contributed by atoms with Crippen LogP contribution in [0.3, 0.4) is 0 Å². The summed E-state index contributed by atoms with van der Waals surface area (Å²) in [6.45, 7) is 2.95. The lowest BCUT2D eigenvalue weighted by Gasteiger charge is -2.60. The monoisotopic (exact) mass is 377 g/mol. The molecule has 1 spiro atoms. The van der Waals surface area contributed by atoms with Crippen molar-refractivity contribution < 1.29 is 18.7 Å². The van der Waals surface area contributed by atoms with E-state index in [9.17, 15) is 9.18 Å². The maximum absolute atomic E-state index is 14.3. The molecule has 140 valence electrons. The first-order chi connectivity index (χ1) is 12.6. The van der Waals surface area contributed by atoms with Crippen LogP contribution in [0.1, 0.15) is 47.8 Å². The number of methoxy groups -OCH3 is 1. The highest BCUT2D eigenvalue weighted by atomic mass is 32.1. The highest BCUT2D eigenvalue weighted by molar-refractivity contribution is 7.21. The van der Waals surface area contributed by atoms with Crippen molar-refractivity contribution in [1.82, 2.24) is 5.32 Å². The molecule has 6 heteroatoms. The quantitative estimate of drug-likeness (QED) is 0.818. The fourth-order valence-electron chi connectivity index (χ4n) is 4.50. The average Bonchev–Trinajstić information content (AvgIpc) is 2.92. The molecule has 0 radical (unpaired) electrons. The minimum absolute atomic E-state index is 0.106. The van der Waals surface area contributed by atoms with Gasteiger partial charge in [0.2, 0.25) is 0 Å². The molecule has 2 saturated carbocycles. The van der Waals surface area contributed by atoms with Crippen molar-refractivity contribution in [2.45, 2.75) is 51.4 Å². The number of ether oxygens (including phenoxy) is 2. The second kappa shape index (κ2) is 6.91. The number of thiophene rings is 1. The fraction of sp³-hybridized carbons (Fsp3) is 0.550. The Labute approximate surface area is 156 Å². The van der Waals surface area contributed by atoms with E-state index in [0.717, 1.165) is 24.0 Å². The maximum Gasteiger partial charge on any atom is 0.262 e. The van der Waals surface area contributed by atoms with Crippen molar-refractivity contribution in [1.29, 1.82) is 0 Å². The Morgan fingerprint density at radius 3 is 2.88 bits per heavy atom. The Morgan fingerprint density at radius 2 is 2.23 bits per heavy atom. The third kappa shape index (κ3) is 2.66. The molecule has 26 heavy (non-hydrogen) atoms. The lowest BCUT2D eigenvalue weighted by atomic mass is 9.51. The molecule has 1 aromatic carbocycles. The van der Waals surface area contributed by atoms with Gasteiger partial charge >= 0.3 is 0 Å². The molecule has 2 aromatic rings. The Hall–Kier alpha value is -1.50. The molecule has 0 saturated heterocycles. The molecule has 0 aliphatic heterocycles. The van der Waals surface area contributed by atoms with E-state index in [-0.39, 0.29) is 35.9 Å². The highest BCUT2D eigenvalue weighted by Crippen LogP contribution is 2.57. The SMILES string of the molecule is CCO[C@@H]1C[C@@H](NC(=O)c2sc3cccc(F)c3c2COC)C12CCC2. The van der Waals surface area contributed by atoms with Crippen LogP contribution >= 0.6 is 11.3 Å². The summed E-state index contributed by atoms with van der Waals surface area (Å²) in [6, 6.07) is 5.10. The predicted molar refractivity (Wildman–Crippen MR) is 100 cm³/mol. The summed E-state index contributed by atoms with van der Waals surface area (Å²) < 4.78 is 26.2. The minimum Gasteiger partial charge on any atom is -0.380 e. The van der Waals surface area contributed by atoms with Gasteiger partial charge in [0.05, 0.1) is 17.6 Å². The van der Waals surface area contributed by atoms with Gasteiger partial charge in [0, 0.05) is 40.8 Å². The van der Waals surface area contributed by atoms with Crippen molar-refractivity contribution in [3.63, 3.8) is 0 Å². The van der Waals surface area contributed by atoms with E-state index in [1.54, 1.807) is 13.2 Å². The van der Waals surface area contributed by atoms with E-state index in [1.165, 1.54) is 23.8 Å². The van der Waals surface area contributed by atoms with Crippen molar-refractivity contribution >= 4 is 27.3 Å². The maximum atomic E-state index is 14.3. The first-order valence-corrected chi connectivity index (χ1v) is 10.0. The highest BCUT2D eigenvalue weighted by Gasteiger charge is 2.59. The summed E-state index contributed by atoms with van der Waals surface area (Å²) in [6.07, 6.45) is 4.52. The van der Waals surface area contributed by atoms with Crippen molar-refractivity contribution in [2.24, 2.45) is 5.41 Å². The number of carbonyl (C=O) groups is 1. The third-order valence-electron chi connectivity index (χ3n) is 6.00. The van der Waals surface area contributed by atoms with Gasteiger partial charge in [0.1, 0.15) is 5.82 Å². The van der Waals surface area contributed by atoms with Crippen LogP contribution < -0.4 is 5.32 Å². The Kier molecular flexibility index (Phi) is 4.75. The zero-order chi connectivity index (χ0) is 18.3. The van der Waals surface area contributed by atoms with Crippen LogP contribution in [0, 0.1) is 11.2 Å². The molecule has 1 heterocycles. The van der Waals surface area contributed by atoms with E-state index in [4.69, 9.17) is 9.47 Å². The first-order valence-electron chi connectivity index (χ1n) is 9.22. The van der Waals surface area contributed by atoms with E-state index in [1.807, 2.05) is 13.0 Å². The second-order valence-corrected chi connectivity index (χ2v) is 8.30. The van der Waals surface area contributed by atoms with Crippen LogP contribution in [-0.4, -0.2) is 31.8 Å². The van der Waals surface area contributed by atoms with Crippen molar-refractivity contribution in [3.8, 4) is 0 Å². The number of halogens is 1. The summed E-state index contributed by atoms with van der Waals surface area (Å²) in [4.78, 5) is 13.6. The van der Waals surface area contributed by atoms with Crippen molar-refractivity contribution in [2.75, 3.05) is 13.7 Å². The summed E-state index contributed by atoms with van der Waals surface area (Å²) >= 11 is 1.34. The molecule has 2 atom stereocenters. The lowest BCUT2D eigenvalue weighted by Crippen LogP contribution is -2.67. The topological polar surface area (TPSA) is 47.6 Å². The first kappa shape index (κ1) is 17.9. The Morgan fingerprint density at radius 1 is 1.42 bits per heavy atom. The number of amides is 1. The van der Waals surface area contributed by atoms with Gasteiger partial charge in [-0.25, -0.2) is 4.39 Å². The van der Waals surface area contributed by atoms with Crippen LogP contribution in [0.5, 0.6) is 0 Å². The minimum atomic E-state index is -0.305. The molecule has 0 bridgehead atoms. The number of benzene rings is 1. The van der Waals surface area contributed by atoms with E-state index >= 15 is 0 Å². The van der Waals surface area contributed by atoms with E-state index in [0.29, 0.717) is 22.4 Å². The largest absolute Gasteiger partial charge is 0.380 e. The normalized spacial score (nSPS) is 23.7. The zero-order valence-electron chi connectivity index (χ0n) is 15.1. The summed E-state index contributed by atoms with van der Waals surface area (Å²) in [5.41, 5.74) is 0.751. The Bertz CT molecular complexity index is 830. The molecule has 1 amide bonds. The van der Waals surface area contributed by atoms with Gasteiger partial charge in [-0.15, -0.1) is 11.3 Å². The summed E-state index contributed by atoms with van der Waals surface area (Å²) in [5.74, 6) is -0.427. The fourth-order valence-corrected chi connectivity index (χ4v) is 5.62. The van der Waals surface area contributed by atoms with E-state index in [2.05, 4.69) is 5.32 Å². The van der Waals surface area contributed by atoms with Gasteiger partial charge in [0.15, 0.2) is 0 Å². The van der Waals surface area contributed by atoms with Gasteiger partial charge < -0.3 is 14.8 Å². The van der Waals surface area contributed by atoms with Crippen LogP contribution in [0.25, 0.3) is 10.1 Å². The van der Waals surface area contributed by atoms with E-state index < -0.39 is 0 Å². The second-order valence-electron chi connectivity index (χ2n) is 7.25. The van der Waals surface area contributed by atoms with Crippen LogP contribution in [0.2, 0.25) is 0 Å². The molecular weight excluding hydrogens is 353 g/mol. The van der Waals surface area contributed by atoms with Crippen molar-refractivity contribution in [3.05, 3.63) is 34.5 Å². The Balaban J connectivity index is 1.59. The lowest BCUT2D eigenvalue weighted by molar-refractivity contribution is -0.169. The average molecular weight is 377 g/mol. The molecule has 1 N–H and O–H groups in total. The van der Waals surface area contributed by atoms with Gasteiger partial charge in [-0.2, -0.15) is 0 Å². The molecule has 1 aromatic heterocycles. The summed E-state index contributed by atoms with van der Waals surface area (Å²) in [7, 11) is 1.56. The standard InChI is InChI=1S/C20H24FNO3S/c1-3-25-16-10-15(20(16)8-5-9-20)22-19(23)18-12(11-24-2)17-13(21)6-4-7-14(17)26-18/h4,6-7,15-16H,3,5,8-11H2,1-2H3,(H,22,23)/t15-,16-/m1/s1. The molecule has 2 aliphatic carbocycles. The number of hydrogen-bond donors (Lipinski definition) is 1. The molecule has 4 rings (SSSR count). The van der Waals surface area contributed by atoms with Gasteiger partial charge in [0.25, 0.3) is 5.91 Å². The number of hydrogen-bond acceptors (Lipinski definition) is 4. The number of nitrogens with one attached hydrogen (secondary N) is 1. The molecule has 2 aliphatic rings. The zero-order valence-corrected chi connectivity index (χ0v) is 16.0. The number of carbonyl (C=O) groups excluding carboxylic acids is 1. The predicted octanol–water partition coefficient (Wildman–Crippen LogP) is 4.26. The smallest absolute Gasteiger partial charge is 0.262 e. The number of rotatable bonds is 6.